The van der Waals surface area contributed by atoms with Crippen LogP contribution in [0.4, 0.5) is 28.0 Å². The normalized spacial score (nSPS) is 30.0. The van der Waals surface area contributed by atoms with E-state index in [2.05, 4.69) is 20.5 Å². The summed E-state index contributed by atoms with van der Waals surface area (Å²) in [7, 11) is 0. The van der Waals surface area contributed by atoms with E-state index >= 15 is 0 Å². The molecule has 6 rings (SSSR count). The van der Waals surface area contributed by atoms with Crippen LogP contribution >= 0.6 is 11.3 Å². The van der Waals surface area contributed by atoms with Crippen molar-refractivity contribution in [3.05, 3.63) is 45.7 Å². The molecule has 1 aromatic carbocycles. The number of halogens is 4. The van der Waals surface area contributed by atoms with Gasteiger partial charge in [0, 0.05) is 73.0 Å². The second-order valence-corrected chi connectivity index (χ2v) is 12.2. The molecule has 2 bridgehead atoms. The Morgan fingerprint density at radius 3 is 2.87 bits per heavy atom. The van der Waals surface area contributed by atoms with Crippen LogP contribution in [0.1, 0.15) is 47.6 Å². The first-order chi connectivity index (χ1) is 18.2. The first-order valence-electron chi connectivity index (χ1n) is 13.2. The van der Waals surface area contributed by atoms with Gasteiger partial charge in [-0.15, -0.1) is 11.3 Å². The number of benzene rings is 1. The second kappa shape index (κ2) is 9.72. The summed E-state index contributed by atoms with van der Waals surface area (Å²) in [5.41, 5.74) is 4.33. The van der Waals surface area contributed by atoms with Crippen molar-refractivity contribution in [2.24, 2.45) is 11.7 Å². The molecule has 206 valence electrons. The lowest BCUT2D eigenvalue weighted by Crippen LogP contribution is -2.47. The van der Waals surface area contributed by atoms with Crippen LogP contribution in [0.2, 0.25) is 0 Å². The molecule has 4 N–H and O–H groups in total. The number of nitrogens with one attached hydrogen (secondary N) is 2. The van der Waals surface area contributed by atoms with Crippen LogP contribution < -0.4 is 16.4 Å². The van der Waals surface area contributed by atoms with Crippen molar-refractivity contribution >= 4 is 23.1 Å². The summed E-state index contributed by atoms with van der Waals surface area (Å²) in [5, 5.41) is 7.03. The van der Waals surface area contributed by atoms with Crippen LogP contribution in [0.5, 0.6) is 0 Å². The van der Waals surface area contributed by atoms with Gasteiger partial charge in [0.25, 0.3) is 0 Å². The van der Waals surface area contributed by atoms with Crippen LogP contribution in [0.25, 0.3) is 0 Å². The molecule has 1 aromatic heterocycles. The third-order valence-corrected chi connectivity index (χ3v) is 10.1. The molecule has 2 aromatic rings. The molecule has 5 atom stereocenters. The van der Waals surface area contributed by atoms with Crippen LogP contribution in [0.3, 0.4) is 0 Å². The summed E-state index contributed by atoms with van der Waals surface area (Å²) < 4.78 is 53.6. The summed E-state index contributed by atoms with van der Waals surface area (Å²) in [6.07, 6.45) is 1.73. The molecule has 2 aliphatic heterocycles. The van der Waals surface area contributed by atoms with Gasteiger partial charge in [-0.3, -0.25) is 4.90 Å². The van der Waals surface area contributed by atoms with Crippen LogP contribution in [0, 0.1) is 11.7 Å². The van der Waals surface area contributed by atoms with Gasteiger partial charge >= 0.3 is 12.2 Å². The fourth-order valence-corrected chi connectivity index (χ4v) is 8.03. The molecule has 3 heterocycles. The van der Waals surface area contributed by atoms with Crippen LogP contribution in [0.15, 0.2) is 24.4 Å². The number of fused-ring (bicyclic) bond motifs is 3. The number of carbonyl (C=O) groups is 1. The van der Waals surface area contributed by atoms with Crippen molar-refractivity contribution in [1.82, 2.24) is 20.1 Å². The van der Waals surface area contributed by atoms with Gasteiger partial charge in [0.05, 0.1) is 5.56 Å². The summed E-state index contributed by atoms with van der Waals surface area (Å²) in [6.45, 7) is 3.78. The minimum absolute atomic E-state index is 0.00733. The lowest BCUT2D eigenvalue weighted by Gasteiger charge is -2.32. The van der Waals surface area contributed by atoms with E-state index in [0.717, 1.165) is 62.8 Å². The Morgan fingerprint density at radius 2 is 2.21 bits per heavy atom. The van der Waals surface area contributed by atoms with Gasteiger partial charge in [-0.25, -0.2) is 14.2 Å². The van der Waals surface area contributed by atoms with Crippen LogP contribution in [-0.4, -0.2) is 65.1 Å². The fraction of sp³-hybridized carbons (Fsp3) is 0.615. The Morgan fingerprint density at radius 1 is 1.37 bits per heavy atom. The number of aromatic nitrogens is 1. The largest absolute Gasteiger partial charge is 0.419 e. The molecule has 0 spiro atoms. The number of nitrogens with zero attached hydrogens (tertiary/aromatic N) is 3. The molecular formula is C26H32F4N6OS. The number of anilines is 1. The summed E-state index contributed by atoms with van der Waals surface area (Å²) in [5.74, 6) is -1.08. The van der Waals surface area contributed by atoms with E-state index in [4.69, 9.17) is 5.73 Å². The van der Waals surface area contributed by atoms with Gasteiger partial charge in [-0.05, 0) is 56.2 Å². The third kappa shape index (κ3) is 4.69. The highest BCUT2D eigenvalue weighted by Gasteiger charge is 2.65. The van der Waals surface area contributed by atoms with Gasteiger partial charge in [-0.1, -0.05) is 0 Å². The average molecular weight is 553 g/mol. The number of piperazine rings is 1. The second-order valence-electron chi connectivity index (χ2n) is 11.1. The minimum atomic E-state index is -4.84. The number of alkyl halides is 3. The Labute approximate surface area is 222 Å². The zero-order valence-corrected chi connectivity index (χ0v) is 21.8. The van der Waals surface area contributed by atoms with E-state index in [1.807, 2.05) is 11.1 Å². The Balaban J connectivity index is 1.18. The van der Waals surface area contributed by atoms with Crippen molar-refractivity contribution in [2.45, 2.75) is 68.4 Å². The molecular weight excluding hydrogens is 520 g/mol. The lowest BCUT2D eigenvalue weighted by atomic mass is 10.0. The molecule has 2 saturated heterocycles. The number of carbonyl (C=O) groups excluding carboxylic acids is 1. The Hall–Kier alpha value is -2.28. The fourth-order valence-electron chi connectivity index (χ4n) is 6.95. The average Bonchev–Trinajstić information content (AvgIpc) is 3.39. The number of likely N-dealkylation sites (tertiary alicyclic amines) is 1. The summed E-state index contributed by atoms with van der Waals surface area (Å²) in [6, 6.07) is 3.22. The molecule has 12 heteroatoms. The number of rotatable bonds is 8. The van der Waals surface area contributed by atoms with Gasteiger partial charge < -0.3 is 21.3 Å². The van der Waals surface area contributed by atoms with E-state index in [-0.39, 0.29) is 23.1 Å². The Bertz CT molecular complexity index is 1210. The van der Waals surface area contributed by atoms with Gasteiger partial charge in [0.15, 0.2) is 0 Å². The van der Waals surface area contributed by atoms with Gasteiger partial charge in [-0.2, -0.15) is 13.2 Å². The number of hydrogen-bond donors (Lipinski definition) is 3. The predicted octanol–water partition coefficient (Wildman–Crippen LogP) is 4.15. The minimum Gasteiger partial charge on any atom is -0.325 e. The maximum Gasteiger partial charge on any atom is 0.419 e. The maximum atomic E-state index is 13.8. The van der Waals surface area contributed by atoms with Crippen molar-refractivity contribution in [2.75, 3.05) is 31.5 Å². The zero-order chi connectivity index (χ0) is 26.7. The number of nitrogens with two attached hydrogens (primary N) is 1. The van der Waals surface area contributed by atoms with Crippen LogP contribution in [-0.2, 0) is 18.1 Å². The Kier molecular flexibility index (Phi) is 6.64. The molecule has 7 nitrogen and oxygen atoms in total. The van der Waals surface area contributed by atoms with Gasteiger partial charge in [0.2, 0.25) is 0 Å². The lowest BCUT2D eigenvalue weighted by molar-refractivity contribution is -0.139. The highest BCUT2D eigenvalue weighted by atomic mass is 32.1. The summed E-state index contributed by atoms with van der Waals surface area (Å²) >= 11 is 1.63. The highest BCUT2D eigenvalue weighted by molar-refractivity contribution is 7.11. The molecule has 4 aliphatic rings. The smallest absolute Gasteiger partial charge is 0.325 e. The van der Waals surface area contributed by atoms with Crippen molar-refractivity contribution in [3.8, 4) is 0 Å². The molecule has 2 aliphatic carbocycles. The van der Waals surface area contributed by atoms with E-state index < -0.39 is 23.6 Å². The number of thiazole rings is 1. The number of hydrogen-bond acceptors (Lipinski definition) is 6. The first kappa shape index (κ1) is 26.0. The monoisotopic (exact) mass is 552 g/mol. The molecule has 3 unspecified atom stereocenters. The third-order valence-electron chi connectivity index (χ3n) is 8.90. The standard InChI is InChI=1S/C26H32F4N6OS/c27-20-3-2-15(9-18(20)26(28,29)30)34-24(37)36(7-1-6-35-14-16-8-17(35)12-32-16)21-4-5-25(10-19(21)25)22-13-33-23(11-31)38-22/h2-3,9,13,16-17,19,21,32H,1,4-8,10-12,14,31H2,(H,34,37)/t16?,17?,19?,21-,25+/m1/s1. The zero-order valence-electron chi connectivity index (χ0n) is 20.9. The van der Waals surface area contributed by atoms with E-state index in [0.29, 0.717) is 31.2 Å². The van der Waals surface area contributed by atoms with E-state index in [9.17, 15) is 22.4 Å². The van der Waals surface area contributed by atoms with Crippen molar-refractivity contribution in [1.29, 1.82) is 0 Å². The van der Waals surface area contributed by atoms with E-state index in [1.54, 1.807) is 11.3 Å². The van der Waals surface area contributed by atoms with E-state index in [1.165, 1.54) is 10.9 Å². The molecule has 38 heavy (non-hydrogen) atoms. The molecule has 4 fully saturated rings. The molecule has 0 radical (unpaired) electrons. The topological polar surface area (TPSA) is 86.5 Å². The maximum absolute atomic E-state index is 13.8. The summed E-state index contributed by atoms with van der Waals surface area (Å²) in [4.78, 5) is 23.5. The SMILES string of the molecule is NCc1ncc([C@]23CC[C@@H](N(CCCN4CC5CC4CN5)C(=O)Nc4ccc(F)c(C(F)(F)F)c4)C2C3)s1. The van der Waals surface area contributed by atoms with Crippen molar-refractivity contribution in [3.63, 3.8) is 0 Å². The number of amides is 2. The van der Waals surface area contributed by atoms with Gasteiger partial charge in [0.1, 0.15) is 10.8 Å². The van der Waals surface area contributed by atoms with Crippen molar-refractivity contribution < 1.29 is 22.4 Å². The first-order valence-corrected chi connectivity index (χ1v) is 14.1. The highest BCUT2D eigenvalue weighted by Crippen LogP contribution is 2.66. The number of urea groups is 1. The predicted molar refractivity (Wildman–Crippen MR) is 136 cm³/mol. The quantitative estimate of drug-likeness (QED) is 0.429. The molecule has 2 saturated carbocycles. The molecule has 2 amide bonds.